The number of hydrogen-bond donors (Lipinski definition) is 1. The third-order valence-electron chi connectivity index (χ3n) is 1.66. The molecular weight excluding hydrogens is 172 g/mol. The molecule has 0 fully saturated rings. The highest BCUT2D eigenvalue weighted by atomic mass is 16.3. The first kappa shape index (κ1) is 9.12. The molecular formula is C9H6O4. The van der Waals surface area contributed by atoms with Crippen LogP contribution in [0.1, 0.15) is 31.1 Å². The lowest BCUT2D eigenvalue weighted by Gasteiger charge is -2.02. The SMILES string of the molecule is O=Cc1ccc(O)c(C=O)c1C=O. The highest BCUT2D eigenvalue weighted by molar-refractivity contribution is 6.00. The van der Waals surface area contributed by atoms with Crippen molar-refractivity contribution in [2.45, 2.75) is 0 Å². The Kier molecular flexibility index (Phi) is 2.54. The Balaban J connectivity index is 3.53. The van der Waals surface area contributed by atoms with Gasteiger partial charge in [0.25, 0.3) is 0 Å². The fourth-order valence-electron chi connectivity index (χ4n) is 1.000. The molecule has 0 saturated heterocycles. The van der Waals surface area contributed by atoms with Gasteiger partial charge in [0.05, 0.1) is 5.56 Å². The van der Waals surface area contributed by atoms with Gasteiger partial charge >= 0.3 is 0 Å². The molecule has 1 aromatic rings. The van der Waals surface area contributed by atoms with E-state index in [-0.39, 0.29) is 22.4 Å². The predicted molar refractivity (Wildman–Crippen MR) is 44.3 cm³/mol. The van der Waals surface area contributed by atoms with Gasteiger partial charge in [0, 0.05) is 11.1 Å². The molecule has 0 aliphatic heterocycles. The molecule has 4 nitrogen and oxygen atoms in total. The van der Waals surface area contributed by atoms with Gasteiger partial charge in [-0.05, 0) is 12.1 Å². The largest absolute Gasteiger partial charge is 0.507 e. The molecule has 0 bridgehead atoms. The van der Waals surface area contributed by atoms with Gasteiger partial charge in [-0.15, -0.1) is 0 Å². The van der Waals surface area contributed by atoms with Crippen LogP contribution < -0.4 is 0 Å². The molecule has 0 amide bonds. The normalized spacial score (nSPS) is 9.23. The molecule has 0 radical (unpaired) electrons. The van der Waals surface area contributed by atoms with E-state index in [1.165, 1.54) is 12.1 Å². The molecule has 0 spiro atoms. The number of aromatic hydroxyl groups is 1. The van der Waals surface area contributed by atoms with Crippen molar-refractivity contribution in [2.24, 2.45) is 0 Å². The van der Waals surface area contributed by atoms with E-state index in [1.807, 2.05) is 0 Å². The zero-order valence-corrected chi connectivity index (χ0v) is 6.56. The number of rotatable bonds is 3. The van der Waals surface area contributed by atoms with Crippen LogP contribution in [-0.2, 0) is 0 Å². The van der Waals surface area contributed by atoms with E-state index < -0.39 is 0 Å². The fourth-order valence-corrected chi connectivity index (χ4v) is 1.000. The van der Waals surface area contributed by atoms with Crippen molar-refractivity contribution in [1.29, 1.82) is 0 Å². The van der Waals surface area contributed by atoms with Crippen LogP contribution >= 0.6 is 0 Å². The maximum absolute atomic E-state index is 10.5. The lowest BCUT2D eigenvalue weighted by Crippen LogP contribution is -1.97. The summed E-state index contributed by atoms with van der Waals surface area (Å²) in [7, 11) is 0. The van der Waals surface area contributed by atoms with E-state index in [4.69, 9.17) is 5.11 Å². The Morgan fingerprint density at radius 3 is 2.00 bits per heavy atom. The molecule has 0 heterocycles. The lowest BCUT2D eigenvalue weighted by atomic mass is 10.0. The van der Waals surface area contributed by atoms with Gasteiger partial charge in [0.2, 0.25) is 0 Å². The van der Waals surface area contributed by atoms with Crippen LogP contribution in [0.5, 0.6) is 5.75 Å². The van der Waals surface area contributed by atoms with Crippen molar-refractivity contribution in [2.75, 3.05) is 0 Å². The predicted octanol–water partition coefficient (Wildman–Crippen LogP) is 0.830. The van der Waals surface area contributed by atoms with E-state index in [9.17, 15) is 14.4 Å². The number of hydrogen-bond acceptors (Lipinski definition) is 4. The van der Waals surface area contributed by atoms with Crippen molar-refractivity contribution in [3.63, 3.8) is 0 Å². The zero-order valence-electron chi connectivity index (χ0n) is 6.56. The standard InChI is InChI=1S/C9H6O4/c10-3-6-1-2-9(13)8(5-12)7(6)4-11/h1-5,13H. The number of carbonyl (C=O) groups is 3. The second-order valence-corrected chi connectivity index (χ2v) is 2.35. The van der Waals surface area contributed by atoms with Gasteiger partial charge < -0.3 is 5.11 Å². The van der Waals surface area contributed by atoms with Gasteiger partial charge in [-0.2, -0.15) is 0 Å². The molecule has 4 heteroatoms. The Morgan fingerprint density at radius 1 is 0.923 bits per heavy atom. The van der Waals surface area contributed by atoms with Gasteiger partial charge in [-0.25, -0.2) is 0 Å². The highest BCUT2D eigenvalue weighted by Gasteiger charge is 2.10. The Morgan fingerprint density at radius 2 is 1.54 bits per heavy atom. The zero-order chi connectivity index (χ0) is 9.84. The number of aldehydes is 3. The monoisotopic (exact) mass is 178 g/mol. The van der Waals surface area contributed by atoms with Crippen LogP contribution in [0, 0.1) is 0 Å². The lowest BCUT2D eigenvalue weighted by molar-refractivity contribution is 0.108. The van der Waals surface area contributed by atoms with Crippen LogP contribution in [0.15, 0.2) is 12.1 Å². The summed E-state index contributed by atoms with van der Waals surface area (Å²) in [5, 5.41) is 9.14. The quantitative estimate of drug-likeness (QED) is 0.696. The summed E-state index contributed by atoms with van der Waals surface area (Å²) >= 11 is 0. The summed E-state index contributed by atoms with van der Waals surface area (Å²) in [6.45, 7) is 0. The maximum atomic E-state index is 10.5. The molecule has 0 unspecified atom stereocenters. The molecule has 0 aromatic heterocycles. The summed E-state index contributed by atoms with van der Waals surface area (Å²) in [5.74, 6) is -0.303. The second kappa shape index (κ2) is 3.62. The van der Waals surface area contributed by atoms with Crippen LogP contribution in [0.2, 0.25) is 0 Å². The number of phenolic OH excluding ortho intramolecular Hbond substituents is 1. The third kappa shape index (κ3) is 1.46. The van der Waals surface area contributed by atoms with Gasteiger partial charge in [-0.3, -0.25) is 14.4 Å². The first-order chi connectivity index (χ1) is 6.24. The topological polar surface area (TPSA) is 71.4 Å². The van der Waals surface area contributed by atoms with Gasteiger partial charge in [0.1, 0.15) is 5.75 Å². The van der Waals surface area contributed by atoms with E-state index >= 15 is 0 Å². The molecule has 66 valence electrons. The van der Waals surface area contributed by atoms with Gasteiger partial charge in [-0.1, -0.05) is 0 Å². The minimum atomic E-state index is -0.303. The average molecular weight is 178 g/mol. The van der Waals surface area contributed by atoms with Crippen molar-refractivity contribution < 1.29 is 19.5 Å². The number of carbonyl (C=O) groups excluding carboxylic acids is 3. The molecule has 0 atom stereocenters. The highest BCUT2D eigenvalue weighted by Crippen LogP contribution is 2.20. The maximum Gasteiger partial charge on any atom is 0.154 e. The third-order valence-corrected chi connectivity index (χ3v) is 1.66. The minimum absolute atomic E-state index is 0.0787. The Labute approximate surface area is 73.8 Å². The van der Waals surface area contributed by atoms with E-state index in [2.05, 4.69) is 0 Å². The number of benzene rings is 1. The summed E-state index contributed by atoms with van der Waals surface area (Å²) in [6.07, 6.45) is 1.16. The molecule has 0 aliphatic carbocycles. The molecule has 0 saturated carbocycles. The van der Waals surface area contributed by atoms with Crippen molar-refractivity contribution >= 4 is 18.9 Å². The first-order valence-corrected chi connectivity index (χ1v) is 3.46. The summed E-state index contributed by atoms with van der Waals surface area (Å²) in [5.41, 5.74) is -0.139. The second-order valence-electron chi connectivity index (χ2n) is 2.35. The molecule has 13 heavy (non-hydrogen) atoms. The minimum Gasteiger partial charge on any atom is -0.507 e. The molecule has 1 aromatic carbocycles. The first-order valence-electron chi connectivity index (χ1n) is 3.46. The van der Waals surface area contributed by atoms with Crippen LogP contribution in [0.4, 0.5) is 0 Å². The Bertz CT molecular complexity index is 368. The fraction of sp³-hybridized carbons (Fsp3) is 0. The van der Waals surface area contributed by atoms with Crippen LogP contribution in [-0.4, -0.2) is 24.0 Å². The number of phenols is 1. The van der Waals surface area contributed by atoms with Crippen molar-refractivity contribution in [1.82, 2.24) is 0 Å². The molecule has 1 N–H and O–H groups in total. The van der Waals surface area contributed by atoms with Crippen LogP contribution in [0.3, 0.4) is 0 Å². The van der Waals surface area contributed by atoms with E-state index in [0.29, 0.717) is 18.9 Å². The summed E-state index contributed by atoms with van der Waals surface area (Å²) in [6, 6.07) is 2.47. The van der Waals surface area contributed by atoms with Crippen molar-refractivity contribution in [3.8, 4) is 5.75 Å². The Hall–Kier alpha value is -1.97. The molecule has 0 aliphatic rings. The summed E-state index contributed by atoms with van der Waals surface area (Å²) in [4.78, 5) is 31.3. The van der Waals surface area contributed by atoms with Gasteiger partial charge in [0.15, 0.2) is 18.9 Å². The average Bonchev–Trinajstić information content (AvgIpc) is 2.17. The smallest absolute Gasteiger partial charge is 0.154 e. The molecule has 1 rings (SSSR count). The van der Waals surface area contributed by atoms with Crippen molar-refractivity contribution in [3.05, 3.63) is 28.8 Å². The van der Waals surface area contributed by atoms with E-state index in [1.54, 1.807) is 0 Å². The van der Waals surface area contributed by atoms with Crippen LogP contribution in [0.25, 0.3) is 0 Å². The summed E-state index contributed by atoms with van der Waals surface area (Å²) < 4.78 is 0. The van der Waals surface area contributed by atoms with E-state index in [0.717, 1.165) is 0 Å².